The van der Waals surface area contributed by atoms with Crippen LogP contribution in [0.3, 0.4) is 0 Å². The van der Waals surface area contributed by atoms with Crippen molar-refractivity contribution >= 4 is 11.3 Å². The van der Waals surface area contributed by atoms with Crippen LogP contribution in [-0.4, -0.2) is 11.7 Å². The van der Waals surface area contributed by atoms with E-state index in [-0.39, 0.29) is 23.6 Å². The summed E-state index contributed by atoms with van der Waals surface area (Å²) >= 11 is 1.75. The van der Waals surface area contributed by atoms with Crippen LogP contribution in [0.1, 0.15) is 17.6 Å². The number of aryl methyl sites for hydroxylation is 2. The van der Waals surface area contributed by atoms with Gasteiger partial charge in [0.1, 0.15) is 6.61 Å². The molecule has 1 aromatic heterocycles. The lowest BCUT2D eigenvalue weighted by atomic mass is 10.3. The molecule has 1 aromatic rings. The number of aliphatic hydroxyl groups excluding tert-OH is 1. The third kappa shape index (κ3) is 2.54. The fraction of sp³-hybridized carbons (Fsp3) is 0.625. The molecule has 70 valence electrons. The Labute approximate surface area is 87.6 Å². The highest BCUT2D eigenvalue weighted by Gasteiger charge is 2.13. The number of halogens is 1. The van der Waals surface area contributed by atoms with Crippen molar-refractivity contribution in [1.82, 2.24) is 0 Å². The maximum absolute atomic E-state index is 8.77. The Morgan fingerprint density at radius 3 is 2.75 bits per heavy atom. The lowest BCUT2D eigenvalue weighted by molar-refractivity contribution is -0.705. The normalized spacial score (nSPS) is 9.58. The predicted molar refractivity (Wildman–Crippen MR) is 45.7 cm³/mol. The van der Waals surface area contributed by atoms with Crippen LogP contribution in [0.4, 0.5) is 0 Å². The molecule has 0 fully saturated rings. The van der Waals surface area contributed by atoms with E-state index in [0.717, 1.165) is 13.0 Å². The van der Waals surface area contributed by atoms with Crippen molar-refractivity contribution in [2.24, 2.45) is 0 Å². The monoisotopic (exact) mass is 251 g/mol. The van der Waals surface area contributed by atoms with Gasteiger partial charge < -0.3 is 22.1 Å². The lowest BCUT2D eigenvalue weighted by Gasteiger charge is -1.94. The minimum Gasteiger partial charge on any atom is -1.00 e. The Kier molecular flexibility index (Phi) is 5.70. The topological polar surface area (TPSA) is 24.1 Å². The van der Waals surface area contributed by atoms with Crippen molar-refractivity contribution in [3.8, 4) is 0 Å². The van der Waals surface area contributed by atoms with Crippen molar-refractivity contribution in [2.45, 2.75) is 26.8 Å². The minimum atomic E-state index is 0. The van der Waals surface area contributed by atoms with Crippen molar-refractivity contribution in [3.63, 3.8) is 0 Å². The molecule has 0 bridgehead atoms. The quantitative estimate of drug-likeness (QED) is 0.612. The van der Waals surface area contributed by atoms with Crippen LogP contribution in [0.25, 0.3) is 0 Å². The summed E-state index contributed by atoms with van der Waals surface area (Å²) in [6.07, 6.45) is 1.05. The van der Waals surface area contributed by atoms with Gasteiger partial charge >= 0.3 is 0 Å². The smallest absolute Gasteiger partial charge is 0.234 e. The standard InChI is InChI=1S/C8H14NOS.BrH/c1-3-8-6-11-7(2)9(8)4-5-10;/h6,10H,3-5H2,1-2H3;1H/q+1;/p-1. The third-order valence-electron chi connectivity index (χ3n) is 1.78. The van der Waals surface area contributed by atoms with Gasteiger partial charge in [0.2, 0.25) is 5.01 Å². The molecule has 1 heterocycles. The highest BCUT2D eigenvalue weighted by molar-refractivity contribution is 7.09. The van der Waals surface area contributed by atoms with Crippen LogP contribution < -0.4 is 21.5 Å². The van der Waals surface area contributed by atoms with Gasteiger partial charge in [0.15, 0.2) is 12.2 Å². The van der Waals surface area contributed by atoms with Crippen molar-refractivity contribution in [1.29, 1.82) is 0 Å². The molecule has 0 spiro atoms. The van der Waals surface area contributed by atoms with Gasteiger partial charge in [-0.2, -0.15) is 4.57 Å². The van der Waals surface area contributed by atoms with E-state index < -0.39 is 0 Å². The van der Waals surface area contributed by atoms with E-state index in [1.165, 1.54) is 10.7 Å². The molecule has 0 aliphatic rings. The Balaban J connectivity index is 0.00000121. The highest BCUT2D eigenvalue weighted by Crippen LogP contribution is 2.05. The first-order valence-electron chi connectivity index (χ1n) is 3.87. The van der Waals surface area contributed by atoms with E-state index in [2.05, 4.69) is 23.8 Å². The molecule has 4 heteroatoms. The summed E-state index contributed by atoms with van der Waals surface area (Å²) < 4.78 is 2.17. The molecule has 0 aliphatic carbocycles. The second-order valence-corrected chi connectivity index (χ2v) is 3.54. The van der Waals surface area contributed by atoms with E-state index in [1.807, 2.05) is 0 Å². The zero-order chi connectivity index (χ0) is 8.27. The van der Waals surface area contributed by atoms with Crippen LogP contribution in [0, 0.1) is 6.92 Å². The summed E-state index contributed by atoms with van der Waals surface area (Å²) in [5, 5.41) is 12.2. The molecular formula is C8H14BrNOS. The van der Waals surface area contributed by atoms with Gasteiger partial charge in [0, 0.05) is 13.3 Å². The summed E-state index contributed by atoms with van der Waals surface area (Å²) in [5.41, 5.74) is 1.32. The molecule has 2 nitrogen and oxygen atoms in total. The second kappa shape index (κ2) is 5.67. The fourth-order valence-electron chi connectivity index (χ4n) is 1.16. The number of aromatic nitrogens is 1. The Bertz CT molecular complexity index is 237. The number of hydrogen-bond acceptors (Lipinski definition) is 2. The molecule has 0 radical (unpaired) electrons. The van der Waals surface area contributed by atoms with E-state index in [0.29, 0.717) is 0 Å². The van der Waals surface area contributed by atoms with Gasteiger partial charge in [0.05, 0.1) is 5.38 Å². The molecule has 0 saturated carbocycles. The average molecular weight is 252 g/mol. The van der Waals surface area contributed by atoms with Crippen molar-refractivity contribution < 1.29 is 26.7 Å². The zero-order valence-corrected chi connectivity index (χ0v) is 9.78. The van der Waals surface area contributed by atoms with Crippen LogP contribution in [0.5, 0.6) is 0 Å². The third-order valence-corrected chi connectivity index (χ3v) is 2.73. The van der Waals surface area contributed by atoms with Crippen LogP contribution >= 0.6 is 11.3 Å². The molecule has 0 amide bonds. The number of rotatable bonds is 3. The second-order valence-electron chi connectivity index (χ2n) is 2.47. The van der Waals surface area contributed by atoms with E-state index in [9.17, 15) is 0 Å². The predicted octanol–water partition coefficient (Wildman–Crippen LogP) is -2.10. The van der Waals surface area contributed by atoms with Crippen molar-refractivity contribution in [2.75, 3.05) is 6.61 Å². The van der Waals surface area contributed by atoms with Gasteiger partial charge in [-0.15, -0.1) is 0 Å². The first-order valence-corrected chi connectivity index (χ1v) is 4.75. The number of nitrogens with zero attached hydrogens (tertiary/aromatic N) is 1. The molecule has 0 atom stereocenters. The molecule has 0 aliphatic heterocycles. The highest BCUT2D eigenvalue weighted by atomic mass is 79.9. The summed E-state index contributed by atoms with van der Waals surface area (Å²) in [7, 11) is 0. The number of hydrogen-bond donors (Lipinski definition) is 1. The Morgan fingerprint density at radius 2 is 2.25 bits per heavy atom. The average Bonchev–Trinajstić information content (AvgIpc) is 2.34. The molecule has 0 unspecified atom stereocenters. The zero-order valence-electron chi connectivity index (χ0n) is 7.38. The molecule has 0 aromatic carbocycles. The molecule has 1 rings (SSSR count). The van der Waals surface area contributed by atoms with Gasteiger partial charge in [-0.3, -0.25) is 0 Å². The minimum absolute atomic E-state index is 0. The van der Waals surface area contributed by atoms with Gasteiger partial charge in [0.25, 0.3) is 0 Å². The molecule has 0 saturated heterocycles. The molecular weight excluding hydrogens is 238 g/mol. The van der Waals surface area contributed by atoms with Crippen molar-refractivity contribution in [3.05, 3.63) is 16.1 Å². The Hall–Kier alpha value is 0.0700. The van der Waals surface area contributed by atoms with Crippen LogP contribution in [0.15, 0.2) is 5.38 Å². The first kappa shape index (κ1) is 12.1. The van der Waals surface area contributed by atoms with Crippen LogP contribution in [0.2, 0.25) is 0 Å². The SMILES string of the molecule is CCc1csc(C)[n+]1CCO.[Br-]. The summed E-state index contributed by atoms with van der Waals surface area (Å²) in [6.45, 7) is 5.18. The summed E-state index contributed by atoms with van der Waals surface area (Å²) in [6, 6.07) is 0. The van der Waals surface area contributed by atoms with Gasteiger partial charge in [-0.05, 0) is 0 Å². The molecule has 12 heavy (non-hydrogen) atoms. The maximum atomic E-state index is 8.77. The first-order chi connectivity index (χ1) is 5.29. The van der Waals surface area contributed by atoms with E-state index >= 15 is 0 Å². The van der Waals surface area contributed by atoms with Gasteiger partial charge in [-0.1, -0.05) is 18.3 Å². The van der Waals surface area contributed by atoms with E-state index in [1.54, 1.807) is 11.3 Å². The van der Waals surface area contributed by atoms with Gasteiger partial charge in [-0.25, -0.2) is 0 Å². The number of thiazole rings is 1. The fourth-order valence-corrected chi connectivity index (χ4v) is 2.09. The maximum Gasteiger partial charge on any atom is 0.234 e. The number of aliphatic hydroxyl groups is 1. The lowest BCUT2D eigenvalue weighted by Crippen LogP contribution is -3.00. The Morgan fingerprint density at radius 1 is 1.58 bits per heavy atom. The van der Waals surface area contributed by atoms with E-state index in [4.69, 9.17) is 5.11 Å². The summed E-state index contributed by atoms with van der Waals surface area (Å²) in [4.78, 5) is 0. The summed E-state index contributed by atoms with van der Waals surface area (Å²) in [5.74, 6) is 0. The van der Waals surface area contributed by atoms with Crippen LogP contribution in [-0.2, 0) is 13.0 Å². The molecule has 1 N–H and O–H groups in total. The largest absolute Gasteiger partial charge is 1.00 e.